The Labute approximate surface area is 187 Å². The van der Waals surface area contributed by atoms with Crippen molar-refractivity contribution in [3.05, 3.63) is 52.3 Å². The van der Waals surface area contributed by atoms with Crippen molar-refractivity contribution in [2.24, 2.45) is 0 Å². The van der Waals surface area contributed by atoms with Gasteiger partial charge in [0.2, 0.25) is 0 Å². The fourth-order valence-electron chi connectivity index (χ4n) is 3.58. The fraction of sp³-hybridized carbons (Fsp3) is 0.429. The number of hydrogen-bond acceptors (Lipinski definition) is 6. The van der Waals surface area contributed by atoms with E-state index < -0.39 is 12.1 Å². The Bertz CT molecular complexity index is 1040. The summed E-state index contributed by atoms with van der Waals surface area (Å²) in [6, 6.07) is 9.86. The molecule has 2 N–H and O–H groups in total. The molecule has 1 saturated heterocycles. The van der Waals surface area contributed by atoms with Crippen LogP contribution in [0.25, 0.3) is 0 Å². The number of carbonyl (C=O) groups is 2. The van der Waals surface area contributed by atoms with Crippen LogP contribution in [0.2, 0.25) is 0 Å². The molecule has 176 valence electrons. The van der Waals surface area contributed by atoms with Crippen molar-refractivity contribution in [1.29, 1.82) is 5.26 Å². The van der Waals surface area contributed by atoms with Crippen LogP contribution in [0.3, 0.4) is 0 Å². The number of aliphatic carboxylic acids is 1. The monoisotopic (exact) mass is 465 g/mol. The maximum Gasteiger partial charge on any atom is 0.490 e. The Morgan fingerprint density at radius 1 is 1.24 bits per heavy atom. The molecule has 0 radical (unpaired) electrons. The van der Waals surface area contributed by atoms with E-state index in [-0.39, 0.29) is 5.91 Å². The van der Waals surface area contributed by atoms with Crippen LogP contribution in [0.1, 0.15) is 32.9 Å². The van der Waals surface area contributed by atoms with E-state index in [4.69, 9.17) is 19.9 Å². The Morgan fingerprint density at radius 3 is 2.58 bits per heavy atom. The third-order valence-corrected chi connectivity index (χ3v) is 5.22. The molecule has 2 aliphatic rings. The molecule has 1 aromatic carbocycles. The molecule has 9 nitrogen and oxygen atoms in total. The third-order valence-electron chi connectivity index (χ3n) is 5.22. The van der Waals surface area contributed by atoms with E-state index in [0.717, 1.165) is 36.3 Å². The molecule has 0 spiro atoms. The summed E-state index contributed by atoms with van der Waals surface area (Å²) in [6.07, 6.45) is -4.24. The van der Waals surface area contributed by atoms with Crippen LogP contribution in [-0.4, -0.2) is 76.0 Å². The van der Waals surface area contributed by atoms with E-state index in [1.54, 1.807) is 0 Å². The summed E-state index contributed by atoms with van der Waals surface area (Å²) < 4.78 is 37.1. The van der Waals surface area contributed by atoms with Crippen molar-refractivity contribution in [2.45, 2.75) is 25.7 Å². The summed E-state index contributed by atoms with van der Waals surface area (Å²) in [7, 11) is 0. The van der Waals surface area contributed by atoms with Gasteiger partial charge in [0, 0.05) is 50.4 Å². The predicted octanol–water partition coefficient (Wildman–Crippen LogP) is 1.95. The van der Waals surface area contributed by atoms with Gasteiger partial charge in [-0.25, -0.2) is 4.79 Å². The second-order valence-corrected chi connectivity index (χ2v) is 7.51. The van der Waals surface area contributed by atoms with Crippen LogP contribution in [0, 0.1) is 11.3 Å². The average Bonchev–Trinajstić information content (AvgIpc) is 3.22. The van der Waals surface area contributed by atoms with Gasteiger partial charge in [-0.2, -0.15) is 23.5 Å². The first-order chi connectivity index (χ1) is 15.7. The molecule has 1 amide bonds. The average molecular weight is 465 g/mol. The number of H-pyrrole nitrogens is 1. The molecule has 2 aliphatic heterocycles. The largest absolute Gasteiger partial charge is 0.490 e. The van der Waals surface area contributed by atoms with Crippen molar-refractivity contribution >= 4 is 11.9 Å². The van der Waals surface area contributed by atoms with Gasteiger partial charge < -0.3 is 14.7 Å². The maximum absolute atomic E-state index is 12.8. The highest BCUT2D eigenvalue weighted by atomic mass is 19.4. The Hall–Kier alpha value is -3.43. The molecule has 33 heavy (non-hydrogen) atoms. The van der Waals surface area contributed by atoms with Crippen LogP contribution in [0.4, 0.5) is 13.2 Å². The molecule has 1 aromatic heterocycles. The fourth-order valence-corrected chi connectivity index (χ4v) is 3.58. The van der Waals surface area contributed by atoms with Gasteiger partial charge in [0.05, 0.1) is 24.8 Å². The summed E-state index contributed by atoms with van der Waals surface area (Å²) in [5.41, 5.74) is 4.38. The molecule has 2 aromatic rings. The van der Waals surface area contributed by atoms with Crippen LogP contribution in [0.5, 0.6) is 0 Å². The lowest BCUT2D eigenvalue weighted by atomic mass is 10.0. The number of aromatic nitrogens is 2. The first kappa shape index (κ1) is 24.2. The lowest BCUT2D eigenvalue weighted by Gasteiger charge is -2.29. The molecule has 0 aliphatic carbocycles. The highest BCUT2D eigenvalue weighted by Crippen LogP contribution is 2.23. The first-order valence-electron chi connectivity index (χ1n) is 10.1. The second-order valence-electron chi connectivity index (χ2n) is 7.51. The standard InChI is InChI=1S/C19H21N5O2.C2HF3O2/c20-11-14-2-1-3-15(10-14)12-23-5-4-17-16(13-23)18(22-21-17)19(25)24-6-8-26-9-7-24;3-2(4,5)1(6)7/h1-3,10H,4-9,12-13H2,(H,21,22);(H,6,7). The summed E-state index contributed by atoms with van der Waals surface area (Å²) >= 11 is 0. The SMILES string of the molecule is N#Cc1cccc(CN2CCc3[nH]nc(C(=O)N4CCOCC4)c3C2)c1.O=C(O)C(F)(F)F. The van der Waals surface area contributed by atoms with E-state index >= 15 is 0 Å². The van der Waals surface area contributed by atoms with Gasteiger partial charge >= 0.3 is 12.1 Å². The number of benzene rings is 1. The molecule has 1 fully saturated rings. The zero-order valence-electron chi connectivity index (χ0n) is 17.6. The smallest absolute Gasteiger partial charge is 0.475 e. The Morgan fingerprint density at radius 2 is 1.94 bits per heavy atom. The van der Waals surface area contributed by atoms with Crippen LogP contribution < -0.4 is 0 Å². The Balaban J connectivity index is 0.000000383. The maximum atomic E-state index is 12.8. The molecule has 12 heteroatoms. The van der Waals surface area contributed by atoms with E-state index in [9.17, 15) is 18.0 Å². The number of rotatable bonds is 3. The lowest BCUT2D eigenvalue weighted by molar-refractivity contribution is -0.192. The van der Waals surface area contributed by atoms with Gasteiger partial charge in [0.25, 0.3) is 5.91 Å². The van der Waals surface area contributed by atoms with Gasteiger partial charge in [-0.1, -0.05) is 12.1 Å². The Kier molecular flexibility index (Phi) is 7.67. The molecule has 0 bridgehead atoms. The number of carbonyl (C=O) groups excluding carboxylic acids is 1. The topological polar surface area (TPSA) is 123 Å². The zero-order valence-corrected chi connectivity index (χ0v) is 17.6. The van der Waals surface area contributed by atoms with Crippen molar-refractivity contribution in [3.8, 4) is 6.07 Å². The predicted molar refractivity (Wildman–Crippen MR) is 108 cm³/mol. The quantitative estimate of drug-likeness (QED) is 0.710. The number of nitrogens with zero attached hydrogens (tertiary/aromatic N) is 4. The number of aromatic amines is 1. The summed E-state index contributed by atoms with van der Waals surface area (Å²) in [5.74, 6) is -2.77. The highest BCUT2D eigenvalue weighted by Gasteiger charge is 2.38. The van der Waals surface area contributed by atoms with Crippen molar-refractivity contribution in [1.82, 2.24) is 20.0 Å². The number of hydrogen-bond donors (Lipinski definition) is 2. The molecule has 3 heterocycles. The number of carboxylic acids is 1. The third kappa shape index (κ3) is 6.30. The molecule has 0 saturated carbocycles. The molecule has 0 atom stereocenters. The van der Waals surface area contributed by atoms with Crippen molar-refractivity contribution in [3.63, 3.8) is 0 Å². The minimum atomic E-state index is -5.08. The summed E-state index contributed by atoms with van der Waals surface area (Å²) in [6.45, 7) is 4.74. The van der Waals surface area contributed by atoms with Crippen LogP contribution in [0.15, 0.2) is 24.3 Å². The first-order valence-corrected chi connectivity index (χ1v) is 10.1. The lowest BCUT2D eigenvalue weighted by Crippen LogP contribution is -2.41. The number of nitrogens with one attached hydrogen (secondary N) is 1. The number of carboxylic acid groups (broad SMARTS) is 1. The minimum absolute atomic E-state index is 0.0147. The number of ether oxygens (including phenoxy) is 1. The van der Waals surface area contributed by atoms with Gasteiger partial charge in [-0.15, -0.1) is 0 Å². The minimum Gasteiger partial charge on any atom is -0.475 e. The highest BCUT2D eigenvalue weighted by molar-refractivity contribution is 5.94. The van der Waals surface area contributed by atoms with E-state index in [1.165, 1.54) is 0 Å². The van der Waals surface area contributed by atoms with E-state index in [2.05, 4.69) is 21.2 Å². The molecule has 0 unspecified atom stereocenters. The number of alkyl halides is 3. The molecule has 4 rings (SSSR count). The van der Waals surface area contributed by atoms with Crippen molar-refractivity contribution < 1.29 is 32.6 Å². The van der Waals surface area contributed by atoms with Gasteiger partial charge in [-0.05, 0) is 17.7 Å². The summed E-state index contributed by atoms with van der Waals surface area (Å²) in [4.78, 5) is 25.8. The molecular weight excluding hydrogens is 443 g/mol. The van der Waals surface area contributed by atoms with Crippen LogP contribution >= 0.6 is 0 Å². The number of morpholine rings is 1. The summed E-state index contributed by atoms with van der Waals surface area (Å²) in [5, 5.41) is 23.6. The second kappa shape index (κ2) is 10.5. The number of amides is 1. The van der Waals surface area contributed by atoms with E-state index in [1.807, 2.05) is 29.2 Å². The zero-order chi connectivity index (χ0) is 24.0. The van der Waals surface area contributed by atoms with Gasteiger partial charge in [-0.3, -0.25) is 14.8 Å². The van der Waals surface area contributed by atoms with Crippen LogP contribution in [-0.2, 0) is 29.0 Å². The normalized spacial score (nSPS) is 16.2. The number of fused-ring (bicyclic) bond motifs is 1. The number of nitriles is 1. The molecular formula is C21H22F3N5O4. The van der Waals surface area contributed by atoms with Gasteiger partial charge in [0.15, 0.2) is 5.69 Å². The number of halogens is 3. The van der Waals surface area contributed by atoms with E-state index in [0.29, 0.717) is 44.1 Å². The van der Waals surface area contributed by atoms with Crippen molar-refractivity contribution in [2.75, 3.05) is 32.8 Å². The van der Waals surface area contributed by atoms with Gasteiger partial charge in [0.1, 0.15) is 0 Å².